The van der Waals surface area contributed by atoms with Crippen molar-refractivity contribution < 1.29 is 16.8 Å². The molecule has 9 heteroatoms. The molecule has 0 N–H and O–H groups in total. The van der Waals surface area contributed by atoms with Crippen LogP contribution in [0.3, 0.4) is 0 Å². The maximum atomic E-state index is 11.2. The Bertz CT molecular complexity index is 505. The second kappa shape index (κ2) is 3.53. The summed E-state index contributed by atoms with van der Waals surface area (Å²) in [4.78, 5) is 7.00. The molecule has 0 radical (unpaired) electrons. The third kappa shape index (κ3) is 2.56. The Labute approximate surface area is 92.9 Å². The van der Waals surface area contributed by atoms with Crippen LogP contribution in [0, 0.1) is 0 Å². The highest BCUT2D eigenvalue weighted by Gasteiger charge is 2.39. The Morgan fingerprint density at radius 1 is 1.13 bits per heavy atom. The highest BCUT2D eigenvalue weighted by molar-refractivity contribution is 7.95. The predicted molar refractivity (Wildman–Crippen MR) is 59.0 cm³/mol. The number of rotatable bonds is 2. The Balaban J connectivity index is 3.10. The summed E-state index contributed by atoms with van der Waals surface area (Å²) in [6.07, 6.45) is 3.62. The van der Waals surface area contributed by atoms with E-state index in [4.69, 9.17) is 11.6 Å². The molecule has 0 atom stereocenters. The smallest absolute Gasteiger partial charge is 0.240 e. The summed E-state index contributed by atoms with van der Waals surface area (Å²) in [5, 5.41) is 0. The van der Waals surface area contributed by atoms with E-state index in [2.05, 4.69) is 9.98 Å². The summed E-state index contributed by atoms with van der Waals surface area (Å²) in [6.45, 7) is 0. The molecule has 1 rings (SSSR count). The zero-order valence-corrected chi connectivity index (χ0v) is 10.3. The van der Waals surface area contributed by atoms with Gasteiger partial charge in [0.1, 0.15) is 0 Å². The van der Waals surface area contributed by atoms with Crippen LogP contribution in [-0.4, -0.2) is 51.5 Å². The summed E-state index contributed by atoms with van der Waals surface area (Å²) < 4.78 is 42.6. The van der Waals surface area contributed by atoms with Crippen molar-refractivity contribution in [1.29, 1.82) is 0 Å². The van der Waals surface area contributed by atoms with Crippen LogP contribution in [-0.2, 0) is 19.7 Å². The molecule has 1 aliphatic heterocycles. The number of hydrogen-bond acceptors (Lipinski definition) is 6. The van der Waals surface area contributed by atoms with Crippen LogP contribution >= 0.6 is 11.6 Å². The van der Waals surface area contributed by atoms with Crippen molar-refractivity contribution >= 4 is 43.7 Å². The molecule has 0 amide bonds. The number of halogens is 1. The Kier molecular flexibility index (Phi) is 2.97. The predicted octanol–water partition coefficient (Wildman–Crippen LogP) is -0.550. The van der Waals surface area contributed by atoms with Gasteiger partial charge in [-0.3, -0.25) is 9.98 Å². The van der Waals surface area contributed by atoms with E-state index in [9.17, 15) is 16.8 Å². The van der Waals surface area contributed by atoms with Crippen LogP contribution < -0.4 is 0 Å². The van der Waals surface area contributed by atoms with Crippen molar-refractivity contribution in [1.82, 2.24) is 0 Å². The molecule has 0 aliphatic carbocycles. The third-order valence-electron chi connectivity index (χ3n) is 1.71. The zero-order valence-electron chi connectivity index (χ0n) is 7.95. The first kappa shape index (κ1) is 12.6. The summed E-state index contributed by atoms with van der Waals surface area (Å²) >= 11 is 5.69. The van der Waals surface area contributed by atoms with E-state index in [0.717, 1.165) is 24.9 Å². The normalized spacial score (nSPS) is 31.8. The molecule has 0 spiro atoms. The van der Waals surface area contributed by atoms with E-state index in [1.165, 1.54) is 0 Å². The van der Waals surface area contributed by atoms with E-state index in [-0.39, 0.29) is 0 Å². The molecule has 0 fully saturated rings. The molecule has 0 unspecified atom stereocenters. The number of nitrogens with zero attached hydrogens (tertiary/aromatic N) is 2. The van der Waals surface area contributed by atoms with Gasteiger partial charge in [0.15, 0.2) is 19.7 Å². The quantitative estimate of drug-likeness (QED) is 0.631. The molecular weight excluding hydrogens is 264 g/mol. The number of alkyl halides is 1. The fourth-order valence-electron chi connectivity index (χ4n) is 0.815. The van der Waals surface area contributed by atoms with Gasteiger partial charge >= 0.3 is 0 Å². The van der Waals surface area contributed by atoms with Gasteiger partial charge in [0, 0.05) is 24.9 Å². The first-order valence-electron chi connectivity index (χ1n) is 3.72. The van der Waals surface area contributed by atoms with Gasteiger partial charge < -0.3 is 0 Å². The fraction of sp³-hybridized carbons (Fsp3) is 0.667. The minimum atomic E-state index is -3.62. The summed E-state index contributed by atoms with van der Waals surface area (Å²) in [5.41, 5.74) is -1.30. The standard InChI is InChI=1S/C6H9ClN2O4S2/c1-14(10,11)5-8-3-6(7,4-9-5)15(2,12)13/h3-5H,1-2H3. The molecule has 1 aliphatic rings. The van der Waals surface area contributed by atoms with Gasteiger partial charge in [-0.05, 0) is 0 Å². The van der Waals surface area contributed by atoms with Crippen LogP contribution in [0.5, 0.6) is 0 Å². The first-order valence-corrected chi connectivity index (χ1v) is 7.95. The Morgan fingerprint density at radius 3 is 1.80 bits per heavy atom. The van der Waals surface area contributed by atoms with Crippen LogP contribution in [0.2, 0.25) is 0 Å². The lowest BCUT2D eigenvalue weighted by Crippen LogP contribution is -2.39. The van der Waals surface area contributed by atoms with Crippen LogP contribution in [0.15, 0.2) is 9.98 Å². The summed E-state index contributed by atoms with van der Waals surface area (Å²) in [7, 11) is -7.09. The molecule has 1 heterocycles. The first-order chi connectivity index (χ1) is 6.56. The van der Waals surface area contributed by atoms with Gasteiger partial charge in [-0.25, -0.2) is 16.8 Å². The summed E-state index contributed by atoms with van der Waals surface area (Å²) in [6, 6.07) is 0. The Morgan fingerprint density at radius 2 is 1.53 bits per heavy atom. The number of hydrogen-bond donors (Lipinski definition) is 0. The lowest BCUT2D eigenvalue weighted by molar-refractivity contribution is 0.587. The molecule has 0 aromatic heterocycles. The van der Waals surface area contributed by atoms with E-state index >= 15 is 0 Å². The maximum absolute atomic E-state index is 11.2. The van der Waals surface area contributed by atoms with Crippen LogP contribution in [0.4, 0.5) is 0 Å². The lowest BCUT2D eigenvalue weighted by atomic mass is 10.4. The van der Waals surface area contributed by atoms with Crippen molar-refractivity contribution in [3.8, 4) is 0 Å². The minimum absolute atomic E-state index is 0.878. The molecule has 0 bridgehead atoms. The van der Waals surface area contributed by atoms with Crippen LogP contribution in [0.25, 0.3) is 0 Å². The molecule has 0 aromatic carbocycles. The van der Waals surface area contributed by atoms with Gasteiger partial charge in [-0.1, -0.05) is 11.6 Å². The molecule has 15 heavy (non-hydrogen) atoms. The fourth-order valence-corrected chi connectivity index (χ4v) is 2.00. The van der Waals surface area contributed by atoms with E-state index in [1.54, 1.807) is 0 Å². The van der Waals surface area contributed by atoms with E-state index in [0.29, 0.717) is 0 Å². The average molecular weight is 273 g/mol. The van der Waals surface area contributed by atoms with Crippen LogP contribution in [0.1, 0.15) is 0 Å². The maximum Gasteiger partial charge on any atom is 0.240 e. The highest BCUT2D eigenvalue weighted by atomic mass is 35.5. The van der Waals surface area contributed by atoms with Crippen molar-refractivity contribution in [2.24, 2.45) is 9.98 Å². The lowest BCUT2D eigenvalue weighted by Gasteiger charge is -2.20. The zero-order chi connectivity index (χ0) is 11.9. The van der Waals surface area contributed by atoms with Gasteiger partial charge in [-0.2, -0.15) is 0 Å². The monoisotopic (exact) mass is 272 g/mol. The molecule has 0 saturated heterocycles. The topological polar surface area (TPSA) is 93.0 Å². The molecule has 86 valence electrons. The highest BCUT2D eigenvalue weighted by Crippen LogP contribution is 2.22. The molecule has 0 aromatic rings. The van der Waals surface area contributed by atoms with Crippen molar-refractivity contribution in [3.05, 3.63) is 0 Å². The second-order valence-corrected chi connectivity index (χ2v) is 8.33. The molecular formula is C6H9ClN2O4S2. The largest absolute Gasteiger partial charge is 0.252 e. The SMILES string of the molecule is CS(=O)(=O)C1N=CC(Cl)(S(C)(=O)=O)C=N1. The molecule has 0 saturated carbocycles. The average Bonchev–Trinajstić information content (AvgIpc) is 2.01. The number of sulfone groups is 2. The number of aliphatic imine (C=N–C) groups is 2. The van der Waals surface area contributed by atoms with Gasteiger partial charge in [-0.15, -0.1) is 0 Å². The van der Waals surface area contributed by atoms with Gasteiger partial charge in [0.25, 0.3) is 0 Å². The molecule has 6 nitrogen and oxygen atoms in total. The summed E-state index contributed by atoms with van der Waals surface area (Å²) in [5.74, 6) is 0. The van der Waals surface area contributed by atoms with Gasteiger partial charge in [0.05, 0.1) is 0 Å². The van der Waals surface area contributed by atoms with Crippen molar-refractivity contribution in [3.63, 3.8) is 0 Å². The van der Waals surface area contributed by atoms with Crippen molar-refractivity contribution in [2.45, 2.75) is 9.70 Å². The van der Waals surface area contributed by atoms with Gasteiger partial charge in [0.2, 0.25) is 9.70 Å². The second-order valence-electron chi connectivity index (χ2n) is 3.18. The minimum Gasteiger partial charge on any atom is -0.252 e. The van der Waals surface area contributed by atoms with E-state index in [1.807, 2.05) is 0 Å². The van der Waals surface area contributed by atoms with E-state index < -0.39 is 29.4 Å². The van der Waals surface area contributed by atoms with Crippen molar-refractivity contribution in [2.75, 3.05) is 12.5 Å². The Hall–Kier alpha value is -0.470. The third-order valence-corrected chi connectivity index (χ3v) is 5.10.